The lowest BCUT2D eigenvalue weighted by atomic mass is 9.85. The molecule has 1 amide bonds. The lowest BCUT2D eigenvalue weighted by molar-refractivity contribution is -0.119. The van der Waals surface area contributed by atoms with Crippen LogP contribution in [0.2, 0.25) is 0 Å². The van der Waals surface area contributed by atoms with Gasteiger partial charge in [-0.25, -0.2) is 0 Å². The first kappa shape index (κ1) is 13.7. The van der Waals surface area contributed by atoms with Gasteiger partial charge < -0.3 is 5.32 Å². The molecule has 4 heteroatoms. The number of fused-ring (bicyclic) bond motifs is 1. The Bertz CT molecular complexity index is 690. The minimum Gasteiger partial charge on any atom is -0.325 e. The maximum atomic E-state index is 12.0. The van der Waals surface area contributed by atoms with Gasteiger partial charge in [0.05, 0.1) is 10.8 Å². The molecule has 0 saturated carbocycles. The Morgan fingerprint density at radius 1 is 1.30 bits per heavy atom. The van der Waals surface area contributed by atoms with E-state index in [1.807, 2.05) is 26.0 Å². The van der Waals surface area contributed by atoms with Crippen molar-refractivity contribution in [2.75, 3.05) is 5.32 Å². The van der Waals surface area contributed by atoms with Gasteiger partial charge in [-0.15, -0.1) is 22.9 Å². The third-order valence-corrected chi connectivity index (χ3v) is 5.64. The minimum absolute atomic E-state index is 0.0445. The summed E-state index contributed by atoms with van der Waals surface area (Å²) in [5.41, 5.74) is 3.69. The molecule has 0 spiro atoms. The molecule has 1 N–H and O–H groups in total. The molecule has 1 aliphatic heterocycles. The van der Waals surface area contributed by atoms with Crippen LogP contribution in [0.15, 0.2) is 29.6 Å². The standard InChI is InChI=1S/C16H16ClNOS/c1-9-6-7-20-14(9)13(17)10-4-5-12-11(8-10)16(2,3)15(19)18-12/h4-8,13H,1-3H3,(H,18,19). The molecule has 20 heavy (non-hydrogen) atoms. The number of halogens is 1. The quantitative estimate of drug-likeness (QED) is 0.806. The van der Waals surface area contributed by atoms with Crippen LogP contribution in [0.3, 0.4) is 0 Å². The summed E-state index contributed by atoms with van der Waals surface area (Å²) in [5.74, 6) is 0.0445. The van der Waals surface area contributed by atoms with E-state index in [1.165, 1.54) is 10.4 Å². The highest BCUT2D eigenvalue weighted by molar-refractivity contribution is 7.10. The SMILES string of the molecule is Cc1ccsc1C(Cl)c1ccc2c(c1)C(C)(C)C(=O)N2. The monoisotopic (exact) mass is 305 g/mol. The topological polar surface area (TPSA) is 29.1 Å². The lowest BCUT2D eigenvalue weighted by Gasteiger charge is -2.17. The van der Waals surface area contributed by atoms with E-state index in [0.29, 0.717) is 0 Å². The molecule has 2 heterocycles. The third-order valence-electron chi connectivity index (χ3n) is 3.96. The predicted molar refractivity (Wildman–Crippen MR) is 84.8 cm³/mol. The Morgan fingerprint density at radius 2 is 2.05 bits per heavy atom. The molecule has 0 aliphatic carbocycles. The van der Waals surface area contributed by atoms with Gasteiger partial charge in [0.25, 0.3) is 0 Å². The molecular weight excluding hydrogens is 290 g/mol. The van der Waals surface area contributed by atoms with Crippen LogP contribution >= 0.6 is 22.9 Å². The average Bonchev–Trinajstić information content (AvgIpc) is 2.92. The largest absolute Gasteiger partial charge is 0.325 e. The molecule has 0 fully saturated rings. The van der Waals surface area contributed by atoms with Crippen LogP contribution in [0.4, 0.5) is 5.69 Å². The van der Waals surface area contributed by atoms with Gasteiger partial charge in [0.2, 0.25) is 5.91 Å². The Labute approximate surface area is 127 Å². The number of carbonyl (C=O) groups excluding carboxylic acids is 1. The highest BCUT2D eigenvalue weighted by Gasteiger charge is 2.38. The number of hydrogen-bond donors (Lipinski definition) is 1. The van der Waals surface area contributed by atoms with Gasteiger partial charge >= 0.3 is 0 Å². The maximum Gasteiger partial charge on any atom is 0.234 e. The number of alkyl halides is 1. The molecule has 1 atom stereocenters. The molecule has 1 unspecified atom stereocenters. The van der Waals surface area contributed by atoms with E-state index in [2.05, 4.69) is 29.8 Å². The Hall–Kier alpha value is -1.32. The van der Waals surface area contributed by atoms with E-state index in [9.17, 15) is 4.79 Å². The van der Waals surface area contributed by atoms with Crippen molar-refractivity contribution in [1.82, 2.24) is 0 Å². The average molecular weight is 306 g/mol. The molecule has 1 aromatic heterocycles. The molecule has 0 bridgehead atoms. The number of amides is 1. The maximum absolute atomic E-state index is 12.0. The molecule has 2 nitrogen and oxygen atoms in total. The van der Waals surface area contributed by atoms with E-state index >= 15 is 0 Å². The van der Waals surface area contributed by atoms with Crippen LogP contribution in [0.1, 0.15) is 40.8 Å². The van der Waals surface area contributed by atoms with Crippen molar-refractivity contribution >= 4 is 34.5 Å². The van der Waals surface area contributed by atoms with Gasteiger partial charge in [-0.1, -0.05) is 12.1 Å². The summed E-state index contributed by atoms with van der Waals surface area (Å²) in [5, 5.41) is 4.82. The zero-order valence-corrected chi connectivity index (χ0v) is 13.2. The van der Waals surface area contributed by atoms with E-state index in [-0.39, 0.29) is 11.3 Å². The summed E-state index contributed by atoms with van der Waals surface area (Å²) in [6.45, 7) is 5.96. The summed E-state index contributed by atoms with van der Waals surface area (Å²) in [6, 6.07) is 8.09. The van der Waals surface area contributed by atoms with E-state index in [1.54, 1.807) is 11.3 Å². The van der Waals surface area contributed by atoms with Crippen LogP contribution in [0.5, 0.6) is 0 Å². The van der Waals surface area contributed by atoms with Crippen LogP contribution < -0.4 is 5.32 Å². The molecule has 104 valence electrons. The number of hydrogen-bond acceptors (Lipinski definition) is 2. The van der Waals surface area contributed by atoms with Gasteiger partial charge in [-0.2, -0.15) is 0 Å². The fourth-order valence-corrected chi connectivity index (χ4v) is 3.93. The second-order valence-electron chi connectivity index (χ2n) is 5.71. The predicted octanol–water partition coefficient (Wildman–Crippen LogP) is 4.61. The van der Waals surface area contributed by atoms with Gasteiger partial charge in [0, 0.05) is 10.6 Å². The van der Waals surface area contributed by atoms with Crippen LogP contribution in [0, 0.1) is 6.92 Å². The van der Waals surface area contributed by atoms with Crippen molar-refractivity contribution in [3.05, 3.63) is 51.2 Å². The fourth-order valence-electron chi connectivity index (χ4n) is 2.54. The van der Waals surface area contributed by atoms with Crippen molar-refractivity contribution in [1.29, 1.82) is 0 Å². The Morgan fingerprint density at radius 3 is 2.70 bits per heavy atom. The minimum atomic E-state index is -0.494. The van der Waals surface area contributed by atoms with Crippen LogP contribution in [-0.4, -0.2) is 5.91 Å². The van der Waals surface area contributed by atoms with Gasteiger partial charge in [0.15, 0.2) is 0 Å². The lowest BCUT2D eigenvalue weighted by Crippen LogP contribution is -2.26. The Kier molecular flexibility index (Phi) is 3.14. The smallest absolute Gasteiger partial charge is 0.234 e. The number of carbonyl (C=O) groups is 1. The van der Waals surface area contributed by atoms with E-state index in [0.717, 1.165) is 16.8 Å². The fraction of sp³-hybridized carbons (Fsp3) is 0.312. The number of benzene rings is 1. The number of aryl methyl sites for hydroxylation is 1. The zero-order valence-electron chi connectivity index (χ0n) is 11.7. The second kappa shape index (κ2) is 4.61. The number of nitrogens with one attached hydrogen (secondary N) is 1. The van der Waals surface area contributed by atoms with E-state index in [4.69, 9.17) is 11.6 Å². The van der Waals surface area contributed by atoms with Crippen molar-refractivity contribution in [3.8, 4) is 0 Å². The van der Waals surface area contributed by atoms with Crippen molar-refractivity contribution < 1.29 is 4.79 Å². The van der Waals surface area contributed by atoms with Crippen molar-refractivity contribution in [3.63, 3.8) is 0 Å². The molecule has 0 saturated heterocycles. The first-order chi connectivity index (χ1) is 9.41. The number of thiophene rings is 1. The first-order valence-electron chi connectivity index (χ1n) is 6.55. The first-order valence-corrected chi connectivity index (χ1v) is 7.87. The number of rotatable bonds is 2. The summed E-state index contributed by atoms with van der Waals surface area (Å²) in [4.78, 5) is 13.1. The molecule has 1 aromatic carbocycles. The summed E-state index contributed by atoms with van der Waals surface area (Å²) >= 11 is 8.29. The second-order valence-corrected chi connectivity index (χ2v) is 7.10. The van der Waals surface area contributed by atoms with E-state index < -0.39 is 5.41 Å². The zero-order chi connectivity index (χ0) is 14.5. The van der Waals surface area contributed by atoms with Gasteiger partial charge in [-0.3, -0.25) is 4.79 Å². The molecular formula is C16H16ClNOS. The van der Waals surface area contributed by atoms with Crippen LogP contribution in [0.25, 0.3) is 0 Å². The highest BCUT2D eigenvalue weighted by atomic mass is 35.5. The summed E-state index contributed by atoms with van der Waals surface area (Å²) in [7, 11) is 0. The third kappa shape index (κ3) is 1.97. The Balaban J connectivity index is 2.04. The number of anilines is 1. The molecule has 2 aromatic rings. The highest BCUT2D eigenvalue weighted by Crippen LogP contribution is 2.41. The molecule has 3 rings (SSSR count). The summed E-state index contributed by atoms with van der Waals surface area (Å²) < 4.78 is 0. The van der Waals surface area contributed by atoms with Crippen LogP contribution in [-0.2, 0) is 10.2 Å². The molecule has 1 aliphatic rings. The summed E-state index contributed by atoms with van der Waals surface area (Å²) in [6.07, 6.45) is 0. The normalized spacial score (nSPS) is 17.7. The molecule has 0 radical (unpaired) electrons. The van der Waals surface area contributed by atoms with Gasteiger partial charge in [-0.05, 0) is 55.0 Å². The van der Waals surface area contributed by atoms with Crippen molar-refractivity contribution in [2.24, 2.45) is 0 Å². The van der Waals surface area contributed by atoms with Crippen molar-refractivity contribution in [2.45, 2.75) is 31.6 Å². The van der Waals surface area contributed by atoms with Gasteiger partial charge in [0.1, 0.15) is 0 Å².